The summed E-state index contributed by atoms with van der Waals surface area (Å²) in [4.78, 5) is 9.16. The van der Waals surface area contributed by atoms with Crippen molar-refractivity contribution in [3.05, 3.63) is 24.5 Å². The maximum atomic E-state index is 4.17. The first-order chi connectivity index (χ1) is 7.69. The molecule has 0 radical (unpaired) electrons. The van der Waals surface area contributed by atoms with Gasteiger partial charge in [-0.1, -0.05) is 0 Å². The van der Waals surface area contributed by atoms with Gasteiger partial charge in [0.1, 0.15) is 0 Å². The van der Waals surface area contributed by atoms with E-state index in [2.05, 4.69) is 34.7 Å². The molecule has 1 spiro atoms. The van der Waals surface area contributed by atoms with E-state index in [1.54, 1.807) is 0 Å². The maximum Gasteiger partial charge on any atom is 0.0553 e. The summed E-state index contributed by atoms with van der Waals surface area (Å²) in [7, 11) is 0. The Balaban J connectivity index is 1.57. The van der Waals surface area contributed by atoms with E-state index < -0.39 is 0 Å². The summed E-state index contributed by atoms with van der Waals surface area (Å²) >= 11 is 0. The molecule has 2 aliphatic heterocycles. The normalized spacial score (nSPS) is 23.3. The summed E-state index contributed by atoms with van der Waals surface area (Å²) in [6.45, 7) is 9.54. The Morgan fingerprint density at radius 3 is 2.56 bits per heavy atom. The van der Waals surface area contributed by atoms with Gasteiger partial charge >= 0.3 is 0 Å². The van der Waals surface area contributed by atoms with Crippen LogP contribution in [0, 0.1) is 5.41 Å². The third kappa shape index (κ3) is 1.50. The van der Waals surface area contributed by atoms with Crippen molar-refractivity contribution in [2.75, 3.05) is 31.1 Å². The molecule has 2 fully saturated rings. The summed E-state index contributed by atoms with van der Waals surface area (Å²) in [6, 6.07) is 4.87. The third-order valence-electron chi connectivity index (χ3n) is 3.87. The summed E-state index contributed by atoms with van der Waals surface area (Å²) in [5, 5.41) is 0. The smallest absolute Gasteiger partial charge is 0.0553 e. The van der Waals surface area contributed by atoms with Crippen LogP contribution < -0.4 is 4.90 Å². The highest BCUT2D eigenvalue weighted by molar-refractivity contribution is 5.48. The van der Waals surface area contributed by atoms with E-state index in [9.17, 15) is 0 Å². The van der Waals surface area contributed by atoms with Gasteiger partial charge in [0, 0.05) is 43.8 Å². The quantitative estimate of drug-likeness (QED) is 0.750. The summed E-state index contributed by atoms with van der Waals surface area (Å²) in [5.41, 5.74) is 1.87. The van der Waals surface area contributed by atoms with Crippen LogP contribution in [0.4, 0.5) is 5.69 Å². The molecule has 3 nitrogen and oxygen atoms in total. The van der Waals surface area contributed by atoms with Crippen LogP contribution in [0.25, 0.3) is 0 Å². The molecule has 0 aliphatic carbocycles. The molecule has 0 bridgehead atoms. The van der Waals surface area contributed by atoms with Gasteiger partial charge in [0.15, 0.2) is 0 Å². The van der Waals surface area contributed by atoms with Gasteiger partial charge in [-0.3, -0.25) is 9.88 Å². The highest BCUT2D eigenvalue weighted by Crippen LogP contribution is 2.42. The van der Waals surface area contributed by atoms with Gasteiger partial charge in [-0.15, -0.1) is 0 Å². The molecule has 0 aromatic carbocycles. The van der Waals surface area contributed by atoms with E-state index in [4.69, 9.17) is 0 Å². The Kier molecular flexibility index (Phi) is 2.18. The highest BCUT2D eigenvalue weighted by Gasteiger charge is 2.52. The molecule has 0 unspecified atom stereocenters. The summed E-state index contributed by atoms with van der Waals surface area (Å²) in [6.07, 6.45) is 3.80. The first-order valence-corrected chi connectivity index (χ1v) is 6.08. The van der Waals surface area contributed by atoms with Crippen molar-refractivity contribution in [3.8, 4) is 0 Å². The molecular weight excluding hydrogens is 198 g/mol. The third-order valence-corrected chi connectivity index (χ3v) is 3.87. The molecule has 2 saturated heterocycles. The van der Waals surface area contributed by atoms with Crippen LogP contribution in [0.15, 0.2) is 24.5 Å². The average molecular weight is 217 g/mol. The Hall–Kier alpha value is -1.09. The fourth-order valence-electron chi connectivity index (χ4n) is 2.87. The maximum absolute atomic E-state index is 4.17. The topological polar surface area (TPSA) is 19.4 Å². The zero-order valence-electron chi connectivity index (χ0n) is 10.1. The van der Waals surface area contributed by atoms with Gasteiger partial charge in [-0.25, -0.2) is 0 Å². The predicted octanol–water partition coefficient (Wildman–Crippen LogP) is 1.61. The number of hydrogen-bond donors (Lipinski definition) is 0. The summed E-state index contributed by atoms with van der Waals surface area (Å²) in [5.74, 6) is 0. The molecule has 3 heteroatoms. The molecule has 0 amide bonds. The largest absolute Gasteiger partial charge is 0.369 e. The zero-order valence-corrected chi connectivity index (χ0v) is 10.1. The minimum atomic E-state index is 0.597. The Bertz CT molecular complexity index is 360. The van der Waals surface area contributed by atoms with Crippen LogP contribution in [0.2, 0.25) is 0 Å². The molecule has 0 N–H and O–H groups in total. The lowest BCUT2D eigenvalue weighted by Gasteiger charge is -2.62. The van der Waals surface area contributed by atoms with Crippen molar-refractivity contribution in [1.82, 2.24) is 9.88 Å². The molecule has 86 valence electrons. The van der Waals surface area contributed by atoms with Crippen LogP contribution >= 0.6 is 0 Å². The van der Waals surface area contributed by atoms with E-state index in [1.807, 2.05) is 18.5 Å². The molecule has 0 atom stereocenters. The second-order valence-corrected chi connectivity index (χ2v) is 5.57. The first kappa shape index (κ1) is 10.1. The van der Waals surface area contributed by atoms with Crippen LogP contribution in [0.3, 0.4) is 0 Å². The predicted molar refractivity (Wildman–Crippen MR) is 65.6 cm³/mol. The zero-order chi connectivity index (χ0) is 11.2. The Labute approximate surface area is 97.1 Å². The van der Waals surface area contributed by atoms with Crippen molar-refractivity contribution >= 4 is 5.69 Å². The monoisotopic (exact) mass is 217 g/mol. The van der Waals surface area contributed by atoms with E-state index in [1.165, 1.54) is 31.9 Å². The molecule has 3 heterocycles. The SMILES string of the molecule is CC(C)N1CC2(CN(c3cccnc3)C2)C1. The van der Waals surface area contributed by atoms with Gasteiger partial charge in [0.2, 0.25) is 0 Å². The summed E-state index contributed by atoms with van der Waals surface area (Å²) < 4.78 is 0. The number of nitrogens with zero attached hydrogens (tertiary/aromatic N) is 3. The van der Waals surface area contributed by atoms with E-state index in [0.29, 0.717) is 11.5 Å². The molecule has 1 aromatic rings. The van der Waals surface area contributed by atoms with Crippen LogP contribution in [-0.4, -0.2) is 42.1 Å². The van der Waals surface area contributed by atoms with Crippen LogP contribution in [0.5, 0.6) is 0 Å². The molecule has 0 saturated carbocycles. The number of likely N-dealkylation sites (tertiary alicyclic amines) is 1. The lowest BCUT2D eigenvalue weighted by atomic mass is 9.72. The fraction of sp³-hybridized carbons (Fsp3) is 0.615. The van der Waals surface area contributed by atoms with E-state index in [-0.39, 0.29) is 0 Å². The lowest BCUT2D eigenvalue weighted by Crippen LogP contribution is -2.73. The number of pyridine rings is 1. The fourth-order valence-corrected chi connectivity index (χ4v) is 2.87. The van der Waals surface area contributed by atoms with Gasteiger partial charge in [0.25, 0.3) is 0 Å². The second kappa shape index (κ2) is 3.45. The van der Waals surface area contributed by atoms with E-state index >= 15 is 0 Å². The molecule has 16 heavy (non-hydrogen) atoms. The van der Waals surface area contributed by atoms with Crippen molar-refractivity contribution < 1.29 is 0 Å². The molecular formula is C13H19N3. The standard InChI is InChI=1S/C13H19N3/c1-11(2)15-7-13(8-15)9-16(10-13)12-4-3-5-14-6-12/h3-6,11H,7-10H2,1-2H3. The van der Waals surface area contributed by atoms with Crippen molar-refractivity contribution in [1.29, 1.82) is 0 Å². The average Bonchev–Trinajstić information content (AvgIpc) is 2.14. The molecule has 2 aliphatic rings. The van der Waals surface area contributed by atoms with Crippen LogP contribution in [0.1, 0.15) is 13.8 Å². The van der Waals surface area contributed by atoms with Gasteiger partial charge in [-0.2, -0.15) is 0 Å². The van der Waals surface area contributed by atoms with Crippen molar-refractivity contribution in [2.24, 2.45) is 5.41 Å². The van der Waals surface area contributed by atoms with Crippen molar-refractivity contribution in [2.45, 2.75) is 19.9 Å². The molecule has 1 aromatic heterocycles. The minimum Gasteiger partial charge on any atom is -0.369 e. The lowest BCUT2D eigenvalue weighted by molar-refractivity contribution is -0.0411. The second-order valence-electron chi connectivity index (χ2n) is 5.57. The number of anilines is 1. The number of aromatic nitrogens is 1. The Morgan fingerprint density at radius 1 is 1.25 bits per heavy atom. The Morgan fingerprint density at radius 2 is 2.00 bits per heavy atom. The van der Waals surface area contributed by atoms with E-state index in [0.717, 1.165) is 0 Å². The molecule has 3 rings (SSSR count). The van der Waals surface area contributed by atoms with Gasteiger partial charge in [-0.05, 0) is 26.0 Å². The minimum absolute atomic E-state index is 0.597. The highest BCUT2D eigenvalue weighted by atomic mass is 15.3. The van der Waals surface area contributed by atoms with Crippen LogP contribution in [-0.2, 0) is 0 Å². The van der Waals surface area contributed by atoms with Gasteiger partial charge < -0.3 is 4.90 Å². The number of hydrogen-bond acceptors (Lipinski definition) is 3. The number of rotatable bonds is 2. The van der Waals surface area contributed by atoms with Crippen molar-refractivity contribution in [3.63, 3.8) is 0 Å². The first-order valence-electron chi connectivity index (χ1n) is 6.08. The van der Waals surface area contributed by atoms with Gasteiger partial charge in [0.05, 0.1) is 11.9 Å².